The van der Waals surface area contributed by atoms with Crippen LogP contribution in [0.1, 0.15) is 25.7 Å². The van der Waals surface area contributed by atoms with E-state index in [1.807, 2.05) is 0 Å². The van der Waals surface area contributed by atoms with Crippen LogP contribution in [-0.4, -0.2) is 46.4 Å². The standard InChI is InChI=1S/C11H20N2O4S/c1-18(17)7-3-6-12-10(16)13-8-11(9(14)15)4-2-5-11/h2-8H2,1H3,(H,14,15)(H2,12,13,16). The minimum atomic E-state index is -0.846. The van der Waals surface area contributed by atoms with E-state index in [1.54, 1.807) is 6.26 Å². The molecule has 0 aromatic rings. The molecular weight excluding hydrogens is 256 g/mol. The van der Waals surface area contributed by atoms with Gasteiger partial charge in [0.25, 0.3) is 0 Å². The van der Waals surface area contributed by atoms with Crippen LogP contribution in [0.5, 0.6) is 0 Å². The summed E-state index contributed by atoms with van der Waals surface area (Å²) in [7, 11) is -0.846. The number of carbonyl (C=O) groups is 2. The lowest BCUT2D eigenvalue weighted by molar-refractivity contribution is -0.153. The average Bonchev–Trinajstić information content (AvgIpc) is 2.22. The van der Waals surface area contributed by atoms with Gasteiger partial charge in [-0.2, -0.15) is 0 Å². The Kier molecular flexibility index (Phi) is 5.58. The summed E-state index contributed by atoms with van der Waals surface area (Å²) in [5.41, 5.74) is -0.762. The van der Waals surface area contributed by atoms with Gasteiger partial charge in [0.15, 0.2) is 0 Å². The second-order valence-electron chi connectivity index (χ2n) is 4.68. The molecule has 0 aromatic carbocycles. The van der Waals surface area contributed by atoms with Crippen LogP contribution in [0, 0.1) is 5.41 Å². The highest BCUT2D eigenvalue weighted by molar-refractivity contribution is 7.84. The smallest absolute Gasteiger partial charge is 0.314 e. The molecule has 3 N–H and O–H groups in total. The fourth-order valence-corrected chi connectivity index (χ4v) is 2.41. The Balaban J connectivity index is 2.17. The fraction of sp³-hybridized carbons (Fsp3) is 0.818. The molecule has 1 aliphatic carbocycles. The molecule has 0 aliphatic heterocycles. The molecule has 1 aliphatic rings. The maximum atomic E-state index is 11.4. The first-order valence-corrected chi connectivity index (χ1v) is 7.74. The molecule has 0 radical (unpaired) electrons. The second-order valence-corrected chi connectivity index (χ2v) is 6.23. The molecule has 1 rings (SSSR count). The van der Waals surface area contributed by atoms with Crippen LogP contribution in [0.25, 0.3) is 0 Å². The van der Waals surface area contributed by atoms with Crippen LogP contribution in [0.4, 0.5) is 4.79 Å². The topological polar surface area (TPSA) is 95.5 Å². The highest BCUT2D eigenvalue weighted by Gasteiger charge is 2.44. The molecule has 0 saturated heterocycles. The number of amides is 2. The summed E-state index contributed by atoms with van der Waals surface area (Å²) in [5, 5.41) is 14.3. The SMILES string of the molecule is CS(=O)CCCNC(=O)NCC1(C(=O)O)CCC1. The van der Waals surface area contributed by atoms with Gasteiger partial charge in [-0.15, -0.1) is 0 Å². The molecule has 104 valence electrons. The fourth-order valence-electron chi connectivity index (χ4n) is 1.86. The summed E-state index contributed by atoms with van der Waals surface area (Å²) >= 11 is 0. The molecule has 0 bridgehead atoms. The number of hydrogen-bond acceptors (Lipinski definition) is 3. The van der Waals surface area contributed by atoms with Gasteiger partial charge in [-0.3, -0.25) is 9.00 Å². The average molecular weight is 276 g/mol. The Morgan fingerprint density at radius 3 is 2.44 bits per heavy atom. The van der Waals surface area contributed by atoms with Crippen LogP contribution in [-0.2, 0) is 15.6 Å². The third-order valence-electron chi connectivity index (χ3n) is 3.25. The van der Waals surface area contributed by atoms with E-state index in [0.29, 0.717) is 31.6 Å². The lowest BCUT2D eigenvalue weighted by atomic mass is 9.69. The number of nitrogens with one attached hydrogen (secondary N) is 2. The van der Waals surface area contributed by atoms with Crippen molar-refractivity contribution in [2.45, 2.75) is 25.7 Å². The first-order valence-electron chi connectivity index (χ1n) is 6.01. The molecule has 0 spiro atoms. The van der Waals surface area contributed by atoms with E-state index in [4.69, 9.17) is 5.11 Å². The van der Waals surface area contributed by atoms with Crippen LogP contribution < -0.4 is 10.6 Å². The van der Waals surface area contributed by atoms with Gasteiger partial charge in [-0.1, -0.05) is 6.42 Å². The summed E-state index contributed by atoms with van der Waals surface area (Å²) in [4.78, 5) is 22.5. The van der Waals surface area contributed by atoms with Crippen LogP contribution in [0.15, 0.2) is 0 Å². The monoisotopic (exact) mass is 276 g/mol. The maximum Gasteiger partial charge on any atom is 0.314 e. The highest BCUT2D eigenvalue weighted by Crippen LogP contribution is 2.40. The first-order chi connectivity index (χ1) is 8.46. The summed E-state index contributed by atoms with van der Waals surface area (Å²) in [6.07, 6.45) is 4.42. The summed E-state index contributed by atoms with van der Waals surface area (Å²) in [5.74, 6) is -0.283. The summed E-state index contributed by atoms with van der Waals surface area (Å²) in [6.45, 7) is 0.624. The van der Waals surface area contributed by atoms with E-state index >= 15 is 0 Å². The van der Waals surface area contributed by atoms with Gasteiger partial charge in [0.2, 0.25) is 0 Å². The summed E-state index contributed by atoms with van der Waals surface area (Å²) < 4.78 is 10.8. The van der Waals surface area contributed by atoms with Crippen molar-refractivity contribution in [1.29, 1.82) is 0 Å². The number of aliphatic carboxylic acids is 1. The summed E-state index contributed by atoms with van der Waals surface area (Å²) in [6, 6.07) is -0.357. The van der Waals surface area contributed by atoms with Crippen molar-refractivity contribution in [3.8, 4) is 0 Å². The van der Waals surface area contributed by atoms with Gasteiger partial charge in [-0.05, 0) is 19.3 Å². The van der Waals surface area contributed by atoms with Crippen molar-refractivity contribution in [2.24, 2.45) is 5.41 Å². The van der Waals surface area contributed by atoms with Crippen molar-refractivity contribution in [3.05, 3.63) is 0 Å². The quantitative estimate of drug-likeness (QED) is 0.583. The lowest BCUT2D eigenvalue weighted by Gasteiger charge is -2.37. The zero-order chi connectivity index (χ0) is 13.6. The third kappa shape index (κ3) is 4.29. The molecule has 1 atom stereocenters. The first kappa shape index (κ1) is 14.9. The number of urea groups is 1. The van der Waals surface area contributed by atoms with Crippen molar-refractivity contribution in [3.63, 3.8) is 0 Å². The Hall–Kier alpha value is -1.11. The molecular formula is C11H20N2O4S. The number of carboxylic acids is 1. The Morgan fingerprint density at radius 2 is 2.00 bits per heavy atom. The van der Waals surface area contributed by atoms with E-state index in [9.17, 15) is 13.8 Å². The predicted octanol–water partition coefficient (Wildman–Crippen LogP) is 0.309. The Morgan fingerprint density at radius 1 is 1.33 bits per heavy atom. The molecule has 2 amide bonds. The van der Waals surface area contributed by atoms with E-state index in [2.05, 4.69) is 10.6 Å². The molecule has 0 aromatic heterocycles. The van der Waals surface area contributed by atoms with Crippen LogP contribution in [0.3, 0.4) is 0 Å². The third-order valence-corrected chi connectivity index (χ3v) is 4.11. The van der Waals surface area contributed by atoms with Crippen LogP contribution in [0.2, 0.25) is 0 Å². The van der Waals surface area contributed by atoms with E-state index in [1.165, 1.54) is 0 Å². The molecule has 0 heterocycles. The van der Waals surface area contributed by atoms with Gasteiger partial charge in [-0.25, -0.2) is 4.79 Å². The van der Waals surface area contributed by atoms with Gasteiger partial charge in [0, 0.05) is 35.9 Å². The van der Waals surface area contributed by atoms with Crippen molar-refractivity contribution >= 4 is 22.8 Å². The van der Waals surface area contributed by atoms with Crippen molar-refractivity contribution in [2.75, 3.05) is 25.1 Å². The van der Waals surface area contributed by atoms with Crippen LogP contribution >= 0.6 is 0 Å². The maximum absolute atomic E-state index is 11.4. The zero-order valence-corrected chi connectivity index (χ0v) is 11.3. The zero-order valence-electron chi connectivity index (χ0n) is 10.5. The molecule has 1 fully saturated rings. The molecule has 7 heteroatoms. The van der Waals surface area contributed by atoms with Gasteiger partial charge in [0.1, 0.15) is 0 Å². The molecule has 1 saturated carbocycles. The minimum absolute atomic E-state index is 0.174. The number of carboxylic acid groups (broad SMARTS) is 1. The number of rotatable bonds is 7. The largest absolute Gasteiger partial charge is 0.481 e. The molecule has 6 nitrogen and oxygen atoms in total. The second kappa shape index (κ2) is 6.72. The number of hydrogen-bond donors (Lipinski definition) is 3. The van der Waals surface area contributed by atoms with Gasteiger partial charge < -0.3 is 15.7 Å². The predicted molar refractivity (Wildman–Crippen MR) is 68.9 cm³/mol. The highest BCUT2D eigenvalue weighted by atomic mass is 32.2. The number of carbonyl (C=O) groups excluding carboxylic acids is 1. The van der Waals surface area contributed by atoms with Gasteiger partial charge in [0.05, 0.1) is 5.41 Å². The van der Waals surface area contributed by atoms with Crippen molar-refractivity contribution in [1.82, 2.24) is 10.6 Å². The minimum Gasteiger partial charge on any atom is -0.481 e. The normalized spacial score (nSPS) is 18.5. The van der Waals surface area contributed by atoms with Crippen molar-refractivity contribution < 1.29 is 18.9 Å². The van der Waals surface area contributed by atoms with E-state index in [0.717, 1.165) is 6.42 Å². The van der Waals surface area contributed by atoms with E-state index < -0.39 is 22.2 Å². The lowest BCUT2D eigenvalue weighted by Crippen LogP contribution is -2.49. The van der Waals surface area contributed by atoms with E-state index in [-0.39, 0.29) is 12.6 Å². The Labute approximate surface area is 109 Å². The van der Waals surface area contributed by atoms with Gasteiger partial charge >= 0.3 is 12.0 Å². The molecule has 18 heavy (non-hydrogen) atoms. The molecule has 1 unspecified atom stereocenters. The Bertz CT molecular complexity index is 342.